The van der Waals surface area contributed by atoms with Gasteiger partial charge in [-0.15, -0.1) is 0 Å². The molecular formula is C28H26Cl2N4O2. The van der Waals surface area contributed by atoms with Gasteiger partial charge < -0.3 is 10.1 Å². The molecule has 8 heteroatoms. The number of hydrogen-bond donors (Lipinski definition) is 1. The van der Waals surface area contributed by atoms with E-state index < -0.39 is 0 Å². The molecule has 2 aromatic heterocycles. The topological polar surface area (TPSA) is 69.0 Å². The minimum absolute atomic E-state index is 0.0535. The zero-order valence-electron chi connectivity index (χ0n) is 20.0. The first-order valence-electron chi connectivity index (χ1n) is 11.9. The first-order valence-corrected chi connectivity index (χ1v) is 12.6. The number of rotatable bonds is 6. The molecule has 0 bridgehead atoms. The fourth-order valence-corrected chi connectivity index (χ4v) is 5.25. The van der Waals surface area contributed by atoms with Gasteiger partial charge in [-0.1, -0.05) is 29.3 Å². The standard InChI is InChI=1S/C28H26Cl2N4O2/c1-17(24-8-3-4-15-31-24)32-28(35)22-7-5-6-21-26(22)33-34(25-14-11-19(29)16-23(25)30)27(21)18-9-12-20(36-2)13-10-18/h3-4,8-17,22H,5-7H2,1-2H3,(H,32,35)/t17-,22?/m1/s1. The van der Waals surface area contributed by atoms with E-state index in [1.165, 1.54) is 0 Å². The van der Waals surface area contributed by atoms with Gasteiger partial charge in [-0.2, -0.15) is 5.10 Å². The Balaban J connectivity index is 1.58. The number of amides is 1. The Morgan fingerprint density at radius 3 is 2.64 bits per heavy atom. The Kier molecular flexibility index (Phi) is 6.99. The smallest absolute Gasteiger partial charge is 0.229 e. The largest absolute Gasteiger partial charge is 0.497 e. The van der Waals surface area contributed by atoms with Crippen molar-refractivity contribution >= 4 is 29.1 Å². The molecular weight excluding hydrogens is 495 g/mol. The predicted molar refractivity (Wildman–Crippen MR) is 142 cm³/mol. The summed E-state index contributed by atoms with van der Waals surface area (Å²) in [6.45, 7) is 1.94. The van der Waals surface area contributed by atoms with E-state index in [9.17, 15) is 4.79 Å². The van der Waals surface area contributed by atoms with E-state index in [-0.39, 0.29) is 17.9 Å². The van der Waals surface area contributed by atoms with E-state index in [0.717, 1.165) is 53.2 Å². The van der Waals surface area contributed by atoms with Gasteiger partial charge in [-0.25, -0.2) is 4.68 Å². The number of halogens is 2. The molecule has 184 valence electrons. The second-order valence-corrected chi connectivity index (χ2v) is 9.72. The minimum atomic E-state index is -0.371. The number of nitrogens with one attached hydrogen (secondary N) is 1. The van der Waals surface area contributed by atoms with Crippen molar-refractivity contribution in [2.75, 3.05) is 7.11 Å². The zero-order chi connectivity index (χ0) is 25.2. The highest BCUT2D eigenvalue weighted by molar-refractivity contribution is 6.35. The first kappa shape index (κ1) is 24.3. The highest BCUT2D eigenvalue weighted by atomic mass is 35.5. The van der Waals surface area contributed by atoms with E-state index in [1.54, 1.807) is 25.4 Å². The quantitative estimate of drug-likeness (QED) is 0.313. The van der Waals surface area contributed by atoms with Crippen LogP contribution in [0.15, 0.2) is 66.9 Å². The van der Waals surface area contributed by atoms with Crippen molar-refractivity contribution in [3.8, 4) is 22.7 Å². The third-order valence-corrected chi connectivity index (χ3v) is 7.11. The Morgan fingerprint density at radius 2 is 1.94 bits per heavy atom. The SMILES string of the molecule is COc1ccc(-c2c3c(nn2-c2ccc(Cl)cc2Cl)C(C(=O)N[C@H](C)c2ccccn2)CCC3)cc1. The number of pyridine rings is 1. The highest BCUT2D eigenvalue weighted by Crippen LogP contribution is 2.40. The third-order valence-electron chi connectivity index (χ3n) is 6.57. The Bertz CT molecular complexity index is 1390. The molecule has 0 spiro atoms. The molecule has 36 heavy (non-hydrogen) atoms. The van der Waals surface area contributed by atoms with Gasteiger partial charge in [0.05, 0.1) is 46.9 Å². The summed E-state index contributed by atoms with van der Waals surface area (Å²) >= 11 is 12.8. The van der Waals surface area contributed by atoms with E-state index in [4.69, 9.17) is 33.0 Å². The number of methoxy groups -OCH3 is 1. The van der Waals surface area contributed by atoms with Crippen LogP contribution in [-0.4, -0.2) is 27.8 Å². The van der Waals surface area contributed by atoms with Gasteiger partial charge >= 0.3 is 0 Å². The molecule has 0 radical (unpaired) electrons. The average Bonchev–Trinajstić information content (AvgIpc) is 3.28. The van der Waals surface area contributed by atoms with Crippen molar-refractivity contribution in [3.63, 3.8) is 0 Å². The second-order valence-electron chi connectivity index (χ2n) is 8.88. The monoisotopic (exact) mass is 520 g/mol. The summed E-state index contributed by atoms with van der Waals surface area (Å²) in [5.74, 6) is 0.343. The van der Waals surface area contributed by atoms with Crippen LogP contribution in [0, 0.1) is 0 Å². The summed E-state index contributed by atoms with van der Waals surface area (Å²) in [5.41, 5.74) is 5.26. The Hall–Kier alpha value is -3.35. The van der Waals surface area contributed by atoms with Gasteiger partial charge in [0.2, 0.25) is 5.91 Å². The van der Waals surface area contributed by atoms with Gasteiger partial charge in [-0.3, -0.25) is 9.78 Å². The van der Waals surface area contributed by atoms with Crippen LogP contribution in [0.5, 0.6) is 5.75 Å². The number of carbonyl (C=O) groups excluding carboxylic acids is 1. The van der Waals surface area contributed by atoms with Gasteiger partial charge in [0.15, 0.2) is 0 Å². The molecule has 0 saturated heterocycles. The highest BCUT2D eigenvalue weighted by Gasteiger charge is 2.34. The van der Waals surface area contributed by atoms with Gasteiger partial charge in [0.25, 0.3) is 0 Å². The fraction of sp³-hybridized carbons (Fsp3) is 0.250. The Morgan fingerprint density at radius 1 is 1.14 bits per heavy atom. The van der Waals surface area contributed by atoms with E-state index >= 15 is 0 Å². The van der Waals surface area contributed by atoms with Crippen LogP contribution >= 0.6 is 23.2 Å². The number of aromatic nitrogens is 3. The van der Waals surface area contributed by atoms with Crippen LogP contribution in [0.2, 0.25) is 10.0 Å². The van der Waals surface area contributed by atoms with Crippen molar-refractivity contribution in [2.45, 2.75) is 38.1 Å². The normalized spacial score (nSPS) is 15.7. The predicted octanol–water partition coefficient (Wildman–Crippen LogP) is 6.55. The zero-order valence-corrected chi connectivity index (χ0v) is 21.6. The summed E-state index contributed by atoms with van der Waals surface area (Å²) in [6, 6.07) is 18.7. The summed E-state index contributed by atoms with van der Waals surface area (Å²) in [5, 5.41) is 9.17. The van der Waals surface area contributed by atoms with Crippen LogP contribution in [0.4, 0.5) is 0 Å². The van der Waals surface area contributed by atoms with Crippen molar-refractivity contribution in [1.29, 1.82) is 0 Å². The molecule has 2 heterocycles. The molecule has 2 aromatic carbocycles. The molecule has 6 nitrogen and oxygen atoms in total. The fourth-order valence-electron chi connectivity index (χ4n) is 4.76. The van der Waals surface area contributed by atoms with Crippen LogP contribution in [-0.2, 0) is 11.2 Å². The molecule has 0 aliphatic heterocycles. The minimum Gasteiger partial charge on any atom is -0.497 e. The number of fused-ring (bicyclic) bond motifs is 1. The van der Waals surface area contributed by atoms with Crippen molar-refractivity contribution in [3.05, 3.63) is 93.9 Å². The molecule has 1 aliphatic rings. The molecule has 2 atom stereocenters. The maximum atomic E-state index is 13.5. The lowest BCUT2D eigenvalue weighted by molar-refractivity contribution is -0.123. The number of carbonyl (C=O) groups is 1. The number of ether oxygens (including phenoxy) is 1. The van der Waals surface area contributed by atoms with Crippen molar-refractivity contribution in [2.24, 2.45) is 0 Å². The van der Waals surface area contributed by atoms with Crippen LogP contribution in [0.1, 0.15) is 48.7 Å². The van der Waals surface area contributed by atoms with Gasteiger partial charge in [0, 0.05) is 22.3 Å². The van der Waals surface area contributed by atoms with Crippen LogP contribution in [0.3, 0.4) is 0 Å². The van der Waals surface area contributed by atoms with Crippen LogP contribution in [0.25, 0.3) is 16.9 Å². The lowest BCUT2D eigenvalue weighted by Crippen LogP contribution is -2.33. The summed E-state index contributed by atoms with van der Waals surface area (Å²) in [4.78, 5) is 17.9. The van der Waals surface area contributed by atoms with Crippen molar-refractivity contribution < 1.29 is 9.53 Å². The van der Waals surface area contributed by atoms with Gasteiger partial charge in [0.1, 0.15) is 5.75 Å². The molecule has 0 fully saturated rings. The van der Waals surface area contributed by atoms with E-state index in [0.29, 0.717) is 15.7 Å². The Labute approximate surface area is 220 Å². The van der Waals surface area contributed by atoms with E-state index in [2.05, 4.69) is 10.3 Å². The molecule has 4 aromatic rings. The summed E-state index contributed by atoms with van der Waals surface area (Å²) in [7, 11) is 1.64. The van der Waals surface area contributed by atoms with Gasteiger partial charge in [-0.05, 0) is 80.8 Å². The first-order chi connectivity index (χ1) is 17.5. The maximum Gasteiger partial charge on any atom is 0.229 e. The average molecular weight is 521 g/mol. The molecule has 1 N–H and O–H groups in total. The lowest BCUT2D eigenvalue weighted by atomic mass is 9.85. The maximum absolute atomic E-state index is 13.5. The lowest BCUT2D eigenvalue weighted by Gasteiger charge is -2.23. The third kappa shape index (κ3) is 4.71. The summed E-state index contributed by atoms with van der Waals surface area (Å²) in [6.07, 6.45) is 4.16. The number of benzene rings is 2. The molecule has 1 unspecified atom stereocenters. The molecule has 1 amide bonds. The molecule has 5 rings (SSSR count). The van der Waals surface area contributed by atoms with Crippen molar-refractivity contribution in [1.82, 2.24) is 20.1 Å². The molecule has 1 aliphatic carbocycles. The number of hydrogen-bond acceptors (Lipinski definition) is 4. The number of nitrogens with zero attached hydrogens (tertiary/aromatic N) is 3. The van der Waals surface area contributed by atoms with E-state index in [1.807, 2.05) is 60.1 Å². The molecule has 0 saturated carbocycles. The van der Waals surface area contributed by atoms with Crippen LogP contribution < -0.4 is 10.1 Å². The second kappa shape index (κ2) is 10.3. The summed E-state index contributed by atoms with van der Waals surface area (Å²) < 4.78 is 7.20.